The molecule has 0 saturated carbocycles. The number of pyridine rings is 1. The number of aliphatic hydroxyl groups is 1. The fourth-order valence-corrected chi connectivity index (χ4v) is 3.62. The molecule has 1 aromatic carbocycles. The van der Waals surface area contributed by atoms with Crippen LogP contribution in [-0.2, 0) is 6.42 Å². The summed E-state index contributed by atoms with van der Waals surface area (Å²) in [5.41, 5.74) is 2.88. The van der Waals surface area contributed by atoms with Gasteiger partial charge in [-0.25, -0.2) is 9.97 Å². The Morgan fingerprint density at radius 1 is 1.11 bits per heavy atom. The molecule has 3 heterocycles. The lowest BCUT2D eigenvalue weighted by Crippen LogP contribution is -2.30. The van der Waals surface area contributed by atoms with E-state index in [-0.39, 0.29) is 11.8 Å². The number of β-amino-alcohol motifs (C(OH)–C–C–N with tert-alkyl or cyclic N) is 1. The summed E-state index contributed by atoms with van der Waals surface area (Å²) in [6.07, 6.45) is 3.40. The van der Waals surface area contributed by atoms with Crippen molar-refractivity contribution in [2.24, 2.45) is 5.92 Å². The van der Waals surface area contributed by atoms with Crippen LogP contribution < -0.4 is 0 Å². The molecule has 28 heavy (non-hydrogen) atoms. The molecule has 1 amide bonds. The van der Waals surface area contributed by atoms with Crippen LogP contribution in [0, 0.1) is 12.8 Å². The maximum atomic E-state index is 13.2. The maximum Gasteiger partial charge on any atom is 0.257 e. The van der Waals surface area contributed by atoms with Crippen molar-refractivity contribution in [1.29, 1.82) is 0 Å². The summed E-state index contributed by atoms with van der Waals surface area (Å²) in [5.74, 6) is 0.428. The third-order valence-electron chi connectivity index (χ3n) is 5.08. The van der Waals surface area contributed by atoms with Gasteiger partial charge in [-0.15, -0.1) is 0 Å². The number of amides is 1. The van der Waals surface area contributed by atoms with Crippen molar-refractivity contribution < 1.29 is 9.90 Å². The van der Waals surface area contributed by atoms with Gasteiger partial charge in [0.2, 0.25) is 0 Å². The fraction of sp³-hybridized carbons (Fsp3) is 0.273. The first-order valence-corrected chi connectivity index (χ1v) is 9.38. The normalized spacial score (nSPS) is 19.0. The number of hydrogen-bond donors (Lipinski definition) is 1. The Kier molecular flexibility index (Phi) is 5.12. The van der Waals surface area contributed by atoms with Crippen LogP contribution in [0.4, 0.5) is 0 Å². The van der Waals surface area contributed by atoms with Gasteiger partial charge < -0.3 is 10.0 Å². The lowest BCUT2D eigenvalue weighted by Gasteiger charge is -2.18. The van der Waals surface area contributed by atoms with Gasteiger partial charge in [0.25, 0.3) is 5.91 Å². The average molecular weight is 374 g/mol. The number of carbonyl (C=O) groups excluding carboxylic acids is 1. The van der Waals surface area contributed by atoms with Crippen LogP contribution >= 0.6 is 0 Å². The number of carbonyl (C=O) groups is 1. The van der Waals surface area contributed by atoms with Gasteiger partial charge >= 0.3 is 0 Å². The third-order valence-corrected chi connectivity index (χ3v) is 5.08. The molecule has 0 spiro atoms. The van der Waals surface area contributed by atoms with Crippen molar-refractivity contribution in [2.45, 2.75) is 19.4 Å². The van der Waals surface area contributed by atoms with Crippen molar-refractivity contribution in [3.63, 3.8) is 0 Å². The van der Waals surface area contributed by atoms with Gasteiger partial charge in [0.05, 0.1) is 17.4 Å². The molecular formula is C22H22N4O2. The second-order valence-electron chi connectivity index (χ2n) is 7.11. The first kappa shape index (κ1) is 18.3. The van der Waals surface area contributed by atoms with Gasteiger partial charge in [-0.2, -0.15) is 0 Å². The van der Waals surface area contributed by atoms with E-state index in [1.54, 1.807) is 17.3 Å². The minimum Gasteiger partial charge on any atom is -0.391 e. The van der Waals surface area contributed by atoms with Crippen LogP contribution in [0.1, 0.15) is 21.9 Å². The highest BCUT2D eigenvalue weighted by Crippen LogP contribution is 2.26. The van der Waals surface area contributed by atoms with E-state index in [0.29, 0.717) is 36.6 Å². The zero-order valence-electron chi connectivity index (χ0n) is 15.7. The van der Waals surface area contributed by atoms with E-state index in [1.807, 2.05) is 55.5 Å². The van der Waals surface area contributed by atoms with E-state index in [2.05, 4.69) is 15.0 Å². The van der Waals surface area contributed by atoms with E-state index in [9.17, 15) is 9.90 Å². The fourth-order valence-electron chi connectivity index (χ4n) is 3.62. The van der Waals surface area contributed by atoms with E-state index >= 15 is 0 Å². The number of likely N-dealkylation sites (tertiary alicyclic amines) is 1. The molecule has 1 N–H and O–H groups in total. The molecule has 0 unspecified atom stereocenters. The predicted molar refractivity (Wildman–Crippen MR) is 106 cm³/mol. The topological polar surface area (TPSA) is 79.2 Å². The van der Waals surface area contributed by atoms with Crippen LogP contribution in [0.2, 0.25) is 0 Å². The number of aryl methyl sites for hydroxylation is 1. The molecule has 2 atom stereocenters. The Bertz CT molecular complexity index is 963. The highest BCUT2D eigenvalue weighted by atomic mass is 16.3. The van der Waals surface area contributed by atoms with E-state index < -0.39 is 6.10 Å². The molecule has 0 aliphatic carbocycles. The number of nitrogens with zero attached hydrogens (tertiary/aromatic N) is 4. The summed E-state index contributed by atoms with van der Waals surface area (Å²) in [4.78, 5) is 28.0. The summed E-state index contributed by atoms with van der Waals surface area (Å²) < 4.78 is 0. The Hall–Kier alpha value is -3.12. The smallest absolute Gasteiger partial charge is 0.257 e. The van der Waals surface area contributed by atoms with Gasteiger partial charge in [0, 0.05) is 42.7 Å². The van der Waals surface area contributed by atoms with Crippen LogP contribution in [0.5, 0.6) is 0 Å². The second-order valence-corrected chi connectivity index (χ2v) is 7.11. The molecule has 6 nitrogen and oxygen atoms in total. The van der Waals surface area contributed by atoms with Gasteiger partial charge in [-0.3, -0.25) is 9.78 Å². The number of rotatable bonds is 4. The number of aromatic nitrogens is 3. The molecule has 2 aromatic heterocycles. The molecule has 1 aliphatic rings. The van der Waals surface area contributed by atoms with Gasteiger partial charge in [0.15, 0.2) is 0 Å². The van der Waals surface area contributed by atoms with E-state index in [4.69, 9.17) is 0 Å². The molecule has 0 bridgehead atoms. The SMILES string of the molecule is Cc1ncc(C(=O)N2C[C@@H](Cc3ccccn3)[C@H](O)C2)c(-c2ccccc2)n1. The van der Waals surface area contributed by atoms with Gasteiger partial charge in [-0.1, -0.05) is 36.4 Å². The Balaban J connectivity index is 1.57. The number of aliphatic hydroxyl groups excluding tert-OH is 1. The van der Waals surface area contributed by atoms with Crippen molar-refractivity contribution in [2.75, 3.05) is 13.1 Å². The second kappa shape index (κ2) is 7.86. The monoisotopic (exact) mass is 374 g/mol. The average Bonchev–Trinajstić information content (AvgIpc) is 3.09. The van der Waals surface area contributed by atoms with E-state index in [1.165, 1.54) is 0 Å². The predicted octanol–water partition coefficient (Wildman–Crippen LogP) is 2.52. The molecular weight excluding hydrogens is 352 g/mol. The minimum absolute atomic E-state index is 0.0367. The first-order valence-electron chi connectivity index (χ1n) is 9.38. The van der Waals surface area contributed by atoms with Crippen LogP contribution in [0.25, 0.3) is 11.3 Å². The van der Waals surface area contributed by atoms with Crippen molar-refractivity contribution in [3.8, 4) is 11.3 Å². The van der Waals surface area contributed by atoms with Crippen molar-refractivity contribution in [1.82, 2.24) is 19.9 Å². The minimum atomic E-state index is -0.572. The van der Waals surface area contributed by atoms with Gasteiger partial charge in [-0.05, 0) is 25.5 Å². The maximum absolute atomic E-state index is 13.2. The highest BCUT2D eigenvalue weighted by molar-refractivity contribution is 5.99. The molecule has 1 fully saturated rings. The quantitative estimate of drug-likeness (QED) is 0.759. The third kappa shape index (κ3) is 3.77. The Labute approximate surface area is 163 Å². The molecule has 4 rings (SSSR count). The standard InChI is InChI=1S/C22H22N4O2/c1-15-24-12-19(21(25-15)16-7-3-2-4-8-16)22(28)26-13-17(20(27)14-26)11-18-9-5-6-10-23-18/h2-10,12,17,20,27H,11,13-14H2,1H3/t17-,20-/m1/s1. The number of hydrogen-bond acceptors (Lipinski definition) is 5. The summed E-state index contributed by atoms with van der Waals surface area (Å²) in [7, 11) is 0. The molecule has 1 saturated heterocycles. The summed E-state index contributed by atoms with van der Waals surface area (Å²) in [5, 5.41) is 10.5. The summed E-state index contributed by atoms with van der Waals surface area (Å²) in [6, 6.07) is 15.4. The van der Waals surface area contributed by atoms with Crippen LogP contribution in [0.3, 0.4) is 0 Å². The molecule has 6 heteroatoms. The molecule has 1 aliphatic heterocycles. The van der Waals surface area contributed by atoms with Crippen molar-refractivity contribution in [3.05, 3.63) is 78.0 Å². The summed E-state index contributed by atoms with van der Waals surface area (Å²) in [6.45, 7) is 2.60. The van der Waals surface area contributed by atoms with Crippen molar-refractivity contribution >= 4 is 5.91 Å². The highest BCUT2D eigenvalue weighted by Gasteiger charge is 2.35. The molecule has 142 valence electrons. The lowest BCUT2D eigenvalue weighted by atomic mass is 10.00. The Morgan fingerprint density at radius 3 is 2.64 bits per heavy atom. The molecule has 0 radical (unpaired) electrons. The lowest BCUT2D eigenvalue weighted by molar-refractivity contribution is 0.0764. The van der Waals surface area contributed by atoms with Gasteiger partial charge in [0.1, 0.15) is 5.82 Å². The number of benzene rings is 1. The Morgan fingerprint density at radius 2 is 1.89 bits per heavy atom. The zero-order chi connectivity index (χ0) is 19.5. The van der Waals surface area contributed by atoms with E-state index in [0.717, 1.165) is 11.3 Å². The largest absolute Gasteiger partial charge is 0.391 e. The summed E-state index contributed by atoms with van der Waals surface area (Å²) >= 11 is 0. The van der Waals surface area contributed by atoms with Crippen LogP contribution in [0.15, 0.2) is 60.9 Å². The first-order chi connectivity index (χ1) is 13.6. The van der Waals surface area contributed by atoms with Crippen LogP contribution in [-0.4, -0.2) is 50.1 Å². The zero-order valence-corrected chi connectivity index (χ0v) is 15.7. The molecule has 3 aromatic rings.